The van der Waals surface area contributed by atoms with Crippen LogP contribution in [0.5, 0.6) is 0 Å². The van der Waals surface area contributed by atoms with Crippen molar-refractivity contribution in [1.29, 1.82) is 0 Å². The van der Waals surface area contributed by atoms with Gasteiger partial charge in [-0.05, 0) is 31.9 Å². The minimum absolute atomic E-state index is 0.255. The highest BCUT2D eigenvalue weighted by molar-refractivity contribution is 5.81. The average molecular weight is 274 g/mol. The van der Waals surface area contributed by atoms with E-state index in [9.17, 15) is 4.79 Å². The molecule has 1 aromatic rings. The number of carbonyl (C=O) groups is 1. The molecule has 110 valence electrons. The summed E-state index contributed by atoms with van der Waals surface area (Å²) in [5.74, 6) is 0.255. The van der Waals surface area contributed by atoms with E-state index >= 15 is 0 Å². The van der Waals surface area contributed by atoms with E-state index in [4.69, 9.17) is 0 Å². The van der Waals surface area contributed by atoms with Crippen molar-refractivity contribution in [2.45, 2.75) is 45.1 Å². The highest BCUT2D eigenvalue weighted by atomic mass is 16.2. The van der Waals surface area contributed by atoms with E-state index in [-0.39, 0.29) is 5.91 Å². The van der Waals surface area contributed by atoms with E-state index in [1.807, 2.05) is 42.3 Å². The molecule has 3 nitrogen and oxygen atoms in total. The van der Waals surface area contributed by atoms with Crippen molar-refractivity contribution in [1.82, 2.24) is 4.90 Å². The van der Waals surface area contributed by atoms with E-state index in [2.05, 4.69) is 11.8 Å². The molecule has 1 aliphatic rings. The SMILES string of the molecule is CCN(C(=O)CN(C)c1ccccc1)C1CCCCC1. The predicted molar refractivity (Wildman–Crippen MR) is 84.0 cm³/mol. The van der Waals surface area contributed by atoms with Crippen LogP contribution in [0, 0.1) is 0 Å². The standard InChI is InChI=1S/C17H26N2O/c1-3-19(16-12-8-5-9-13-16)17(20)14-18(2)15-10-6-4-7-11-15/h4,6-7,10-11,16H,3,5,8-9,12-14H2,1-2H3. The number of amides is 1. The maximum Gasteiger partial charge on any atom is 0.242 e. The molecule has 1 aliphatic carbocycles. The first-order valence-corrected chi connectivity index (χ1v) is 7.78. The van der Waals surface area contributed by atoms with Gasteiger partial charge in [0, 0.05) is 25.3 Å². The predicted octanol–water partition coefficient (Wildman–Crippen LogP) is 3.30. The van der Waals surface area contributed by atoms with Gasteiger partial charge >= 0.3 is 0 Å². The Labute approximate surface area is 122 Å². The number of para-hydroxylation sites is 1. The molecule has 1 aromatic carbocycles. The maximum atomic E-state index is 12.5. The van der Waals surface area contributed by atoms with Gasteiger partial charge in [0.05, 0.1) is 6.54 Å². The second kappa shape index (κ2) is 7.32. The Kier molecular flexibility index (Phi) is 5.45. The van der Waals surface area contributed by atoms with Crippen LogP contribution in [0.4, 0.5) is 5.69 Å². The smallest absolute Gasteiger partial charge is 0.242 e. The van der Waals surface area contributed by atoms with Crippen molar-refractivity contribution >= 4 is 11.6 Å². The van der Waals surface area contributed by atoms with Crippen molar-refractivity contribution in [2.75, 3.05) is 25.0 Å². The van der Waals surface area contributed by atoms with Crippen LogP contribution in [-0.2, 0) is 4.79 Å². The Morgan fingerprint density at radius 3 is 2.40 bits per heavy atom. The first-order chi connectivity index (χ1) is 9.72. The zero-order valence-electron chi connectivity index (χ0n) is 12.7. The monoisotopic (exact) mass is 274 g/mol. The topological polar surface area (TPSA) is 23.6 Å². The highest BCUT2D eigenvalue weighted by Crippen LogP contribution is 2.23. The van der Waals surface area contributed by atoms with Crippen molar-refractivity contribution in [3.8, 4) is 0 Å². The molecule has 0 N–H and O–H groups in total. The number of carbonyl (C=O) groups excluding carboxylic acids is 1. The van der Waals surface area contributed by atoms with Crippen LogP contribution in [0.25, 0.3) is 0 Å². The molecule has 0 heterocycles. The fourth-order valence-corrected chi connectivity index (χ4v) is 3.10. The van der Waals surface area contributed by atoms with Crippen LogP contribution >= 0.6 is 0 Å². The Morgan fingerprint density at radius 1 is 1.15 bits per heavy atom. The fraction of sp³-hybridized carbons (Fsp3) is 0.588. The number of benzene rings is 1. The van der Waals surface area contributed by atoms with Gasteiger partial charge in [-0.25, -0.2) is 0 Å². The van der Waals surface area contributed by atoms with E-state index in [1.54, 1.807) is 0 Å². The quantitative estimate of drug-likeness (QED) is 0.822. The lowest BCUT2D eigenvalue weighted by atomic mass is 9.94. The molecule has 20 heavy (non-hydrogen) atoms. The summed E-state index contributed by atoms with van der Waals surface area (Å²) in [6.07, 6.45) is 6.21. The second-order valence-electron chi connectivity index (χ2n) is 5.66. The van der Waals surface area contributed by atoms with Crippen molar-refractivity contribution in [2.24, 2.45) is 0 Å². The molecule has 0 aromatic heterocycles. The second-order valence-corrected chi connectivity index (χ2v) is 5.66. The van der Waals surface area contributed by atoms with Crippen LogP contribution in [0.2, 0.25) is 0 Å². The minimum atomic E-state index is 0.255. The summed E-state index contributed by atoms with van der Waals surface area (Å²) >= 11 is 0. The molecule has 0 aliphatic heterocycles. The highest BCUT2D eigenvalue weighted by Gasteiger charge is 2.24. The summed E-state index contributed by atoms with van der Waals surface area (Å²) in [7, 11) is 1.99. The summed E-state index contributed by atoms with van der Waals surface area (Å²) < 4.78 is 0. The summed E-state index contributed by atoms with van der Waals surface area (Å²) in [5, 5.41) is 0. The number of rotatable bonds is 5. The minimum Gasteiger partial charge on any atom is -0.365 e. The van der Waals surface area contributed by atoms with Gasteiger partial charge in [0.15, 0.2) is 0 Å². The van der Waals surface area contributed by atoms with Gasteiger partial charge in [0.25, 0.3) is 0 Å². The van der Waals surface area contributed by atoms with Gasteiger partial charge in [-0.1, -0.05) is 37.5 Å². The van der Waals surface area contributed by atoms with Gasteiger partial charge in [0.1, 0.15) is 0 Å². The lowest BCUT2D eigenvalue weighted by molar-refractivity contribution is -0.132. The Hall–Kier alpha value is -1.51. The Balaban J connectivity index is 1.95. The zero-order valence-corrected chi connectivity index (χ0v) is 12.7. The van der Waals surface area contributed by atoms with Crippen LogP contribution in [0.1, 0.15) is 39.0 Å². The lowest BCUT2D eigenvalue weighted by Gasteiger charge is -2.35. The van der Waals surface area contributed by atoms with E-state index in [1.165, 1.54) is 32.1 Å². The molecule has 0 radical (unpaired) electrons. The Bertz CT molecular complexity index is 412. The van der Waals surface area contributed by atoms with Gasteiger partial charge < -0.3 is 9.80 Å². The van der Waals surface area contributed by atoms with Crippen LogP contribution < -0.4 is 4.90 Å². The molecule has 0 unspecified atom stereocenters. The molecule has 0 spiro atoms. The lowest BCUT2D eigenvalue weighted by Crippen LogP contribution is -2.45. The Morgan fingerprint density at radius 2 is 1.80 bits per heavy atom. The van der Waals surface area contributed by atoms with Gasteiger partial charge in [-0.2, -0.15) is 0 Å². The third-order valence-corrected chi connectivity index (χ3v) is 4.25. The number of hydrogen-bond donors (Lipinski definition) is 0. The molecule has 3 heteroatoms. The van der Waals surface area contributed by atoms with Crippen LogP contribution in [0.3, 0.4) is 0 Å². The number of nitrogens with zero attached hydrogens (tertiary/aromatic N) is 2. The molecule has 2 rings (SSSR count). The largest absolute Gasteiger partial charge is 0.365 e. The van der Waals surface area contributed by atoms with Gasteiger partial charge in [0.2, 0.25) is 5.91 Å². The molecule has 0 atom stereocenters. The average Bonchev–Trinajstić information content (AvgIpc) is 2.50. The zero-order chi connectivity index (χ0) is 14.4. The molecule has 0 saturated heterocycles. The molecular formula is C17H26N2O. The molecule has 0 bridgehead atoms. The van der Waals surface area contributed by atoms with E-state index in [0.717, 1.165) is 12.2 Å². The first-order valence-electron chi connectivity index (χ1n) is 7.78. The molecular weight excluding hydrogens is 248 g/mol. The van der Waals surface area contributed by atoms with Crippen molar-refractivity contribution in [3.05, 3.63) is 30.3 Å². The summed E-state index contributed by atoms with van der Waals surface area (Å²) in [6, 6.07) is 10.6. The fourth-order valence-electron chi connectivity index (χ4n) is 3.10. The number of anilines is 1. The van der Waals surface area contributed by atoms with Crippen molar-refractivity contribution < 1.29 is 4.79 Å². The number of hydrogen-bond acceptors (Lipinski definition) is 2. The maximum absolute atomic E-state index is 12.5. The first kappa shape index (κ1) is 14.9. The number of likely N-dealkylation sites (N-methyl/N-ethyl adjacent to an activating group) is 2. The van der Waals surface area contributed by atoms with Crippen LogP contribution in [0.15, 0.2) is 30.3 Å². The summed E-state index contributed by atoms with van der Waals surface area (Å²) in [6.45, 7) is 3.38. The third kappa shape index (κ3) is 3.75. The summed E-state index contributed by atoms with van der Waals surface area (Å²) in [4.78, 5) is 16.7. The molecule has 1 fully saturated rings. The molecule has 1 saturated carbocycles. The third-order valence-electron chi connectivity index (χ3n) is 4.25. The van der Waals surface area contributed by atoms with Crippen molar-refractivity contribution in [3.63, 3.8) is 0 Å². The van der Waals surface area contributed by atoms with E-state index in [0.29, 0.717) is 12.6 Å². The molecule has 1 amide bonds. The van der Waals surface area contributed by atoms with E-state index < -0.39 is 0 Å². The normalized spacial score (nSPS) is 15.9. The van der Waals surface area contributed by atoms with Gasteiger partial charge in [-0.3, -0.25) is 4.79 Å². The van der Waals surface area contributed by atoms with Crippen LogP contribution in [-0.4, -0.2) is 37.0 Å². The van der Waals surface area contributed by atoms with Gasteiger partial charge in [-0.15, -0.1) is 0 Å². The summed E-state index contributed by atoms with van der Waals surface area (Å²) in [5.41, 5.74) is 1.10.